The zero-order valence-electron chi connectivity index (χ0n) is 15.2. The molecule has 0 unspecified atom stereocenters. The average molecular weight is 363 g/mol. The normalized spacial score (nSPS) is 11.0. The summed E-state index contributed by atoms with van der Waals surface area (Å²) in [5.41, 5.74) is 3.56. The third kappa shape index (κ3) is 3.10. The lowest BCUT2D eigenvalue weighted by molar-refractivity contribution is 0.408. The first-order valence-electron chi connectivity index (χ1n) is 8.49. The summed E-state index contributed by atoms with van der Waals surface area (Å²) in [7, 11) is 1.66. The fourth-order valence-corrected chi connectivity index (χ4v) is 3.15. The van der Waals surface area contributed by atoms with Crippen molar-refractivity contribution in [1.82, 2.24) is 15.0 Å². The summed E-state index contributed by atoms with van der Waals surface area (Å²) in [6.45, 7) is 3.98. The van der Waals surface area contributed by atoms with Gasteiger partial charge in [-0.15, -0.1) is 0 Å². The summed E-state index contributed by atoms with van der Waals surface area (Å²) in [5.74, 6) is 1.66. The van der Waals surface area contributed by atoms with Gasteiger partial charge in [-0.3, -0.25) is 0 Å². The lowest BCUT2D eigenvalue weighted by atomic mass is 10.1. The van der Waals surface area contributed by atoms with Crippen molar-refractivity contribution in [3.05, 3.63) is 65.7 Å². The van der Waals surface area contributed by atoms with E-state index in [9.17, 15) is 4.39 Å². The molecule has 0 spiro atoms. The number of hydrogen-bond donors (Lipinski definition) is 1. The predicted molar refractivity (Wildman–Crippen MR) is 102 cm³/mol. The highest BCUT2D eigenvalue weighted by Crippen LogP contribution is 2.32. The molecule has 6 heteroatoms. The van der Waals surface area contributed by atoms with Crippen molar-refractivity contribution in [1.29, 1.82) is 0 Å². The molecule has 0 saturated carbocycles. The highest BCUT2D eigenvalue weighted by molar-refractivity contribution is 5.84. The molecule has 1 N–H and O–H groups in total. The molecule has 2 aromatic heterocycles. The number of benzene rings is 2. The number of aryl methyl sites for hydroxylation is 2. The standard InChI is InChI=1S/C21H18FN3O2/c1-12-8-14(9-13(2)19(12)26-3)20-23-10-15-18(11-24-21(15)25-20)27-17-7-5-4-6-16(17)22/h4-11H,1-3H3,(H,23,24,25). The highest BCUT2D eigenvalue weighted by atomic mass is 19.1. The van der Waals surface area contributed by atoms with E-state index in [0.29, 0.717) is 22.6 Å². The van der Waals surface area contributed by atoms with Crippen LogP contribution in [0.1, 0.15) is 11.1 Å². The Bertz CT molecular complexity index is 1110. The molecule has 2 heterocycles. The first-order valence-corrected chi connectivity index (χ1v) is 8.49. The molecule has 136 valence electrons. The van der Waals surface area contributed by atoms with Crippen LogP contribution in [0.15, 0.2) is 48.8 Å². The minimum Gasteiger partial charge on any atom is -0.496 e. The number of rotatable bonds is 4. The Hall–Kier alpha value is -3.41. The summed E-state index contributed by atoms with van der Waals surface area (Å²) in [5, 5.41) is 0.684. The molecule has 0 aliphatic rings. The van der Waals surface area contributed by atoms with Crippen LogP contribution in [0.3, 0.4) is 0 Å². The van der Waals surface area contributed by atoms with Gasteiger partial charge in [0.1, 0.15) is 11.4 Å². The molecular formula is C21H18FN3O2. The second kappa shape index (κ2) is 6.72. The zero-order valence-corrected chi connectivity index (χ0v) is 15.2. The first-order chi connectivity index (χ1) is 13.1. The van der Waals surface area contributed by atoms with Gasteiger partial charge in [0.25, 0.3) is 0 Å². The number of aromatic amines is 1. The van der Waals surface area contributed by atoms with Gasteiger partial charge in [-0.2, -0.15) is 0 Å². The number of hydrogen-bond acceptors (Lipinski definition) is 4. The van der Waals surface area contributed by atoms with Gasteiger partial charge in [-0.05, 0) is 49.2 Å². The first kappa shape index (κ1) is 17.0. The van der Waals surface area contributed by atoms with Crippen molar-refractivity contribution >= 4 is 11.0 Å². The number of nitrogens with zero attached hydrogens (tertiary/aromatic N) is 2. The van der Waals surface area contributed by atoms with Crippen molar-refractivity contribution in [3.63, 3.8) is 0 Å². The van der Waals surface area contributed by atoms with Crippen LogP contribution in [0.25, 0.3) is 22.4 Å². The van der Waals surface area contributed by atoms with E-state index >= 15 is 0 Å². The van der Waals surface area contributed by atoms with Crippen LogP contribution in [0.2, 0.25) is 0 Å². The topological polar surface area (TPSA) is 60.0 Å². The number of ether oxygens (including phenoxy) is 2. The fraction of sp³-hybridized carbons (Fsp3) is 0.143. The lowest BCUT2D eigenvalue weighted by Crippen LogP contribution is -1.95. The molecule has 0 aliphatic heterocycles. The van der Waals surface area contributed by atoms with Crippen LogP contribution in [0, 0.1) is 19.7 Å². The fourth-order valence-electron chi connectivity index (χ4n) is 3.15. The Balaban J connectivity index is 1.72. The van der Waals surface area contributed by atoms with Crippen LogP contribution in [-0.2, 0) is 0 Å². The minimum absolute atomic E-state index is 0.156. The van der Waals surface area contributed by atoms with Gasteiger partial charge >= 0.3 is 0 Å². The summed E-state index contributed by atoms with van der Waals surface area (Å²) in [4.78, 5) is 12.1. The number of fused-ring (bicyclic) bond motifs is 1. The molecule has 4 rings (SSSR count). The lowest BCUT2D eigenvalue weighted by Gasteiger charge is -2.10. The minimum atomic E-state index is -0.423. The van der Waals surface area contributed by atoms with E-state index in [2.05, 4.69) is 15.0 Å². The van der Waals surface area contributed by atoms with Gasteiger partial charge in [0.2, 0.25) is 0 Å². The zero-order chi connectivity index (χ0) is 19.0. The van der Waals surface area contributed by atoms with Crippen molar-refractivity contribution in [2.75, 3.05) is 7.11 Å². The van der Waals surface area contributed by atoms with Crippen LogP contribution < -0.4 is 9.47 Å². The summed E-state index contributed by atoms with van der Waals surface area (Å²) < 4.78 is 24.9. The Kier molecular flexibility index (Phi) is 4.24. The van der Waals surface area contributed by atoms with Gasteiger partial charge in [0, 0.05) is 18.0 Å². The smallest absolute Gasteiger partial charge is 0.165 e. The highest BCUT2D eigenvalue weighted by Gasteiger charge is 2.13. The van der Waals surface area contributed by atoms with Crippen molar-refractivity contribution in [3.8, 4) is 28.6 Å². The number of H-pyrrole nitrogens is 1. The van der Waals surface area contributed by atoms with E-state index in [1.807, 2.05) is 26.0 Å². The van der Waals surface area contributed by atoms with E-state index in [4.69, 9.17) is 9.47 Å². The third-order valence-electron chi connectivity index (χ3n) is 4.37. The van der Waals surface area contributed by atoms with E-state index in [0.717, 1.165) is 22.4 Å². The summed E-state index contributed by atoms with van der Waals surface area (Å²) >= 11 is 0. The van der Waals surface area contributed by atoms with Crippen molar-refractivity contribution in [2.45, 2.75) is 13.8 Å². The van der Waals surface area contributed by atoms with E-state index < -0.39 is 5.82 Å². The van der Waals surface area contributed by atoms with Gasteiger partial charge in [-0.25, -0.2) is 14.4 Å². The SMILES string of the molecule is COc1c(C)cc(-c2ncc3c(Oc4ccccc4F)c[nH]c3n2)cc1C. The Labute approximate surface area is 155 Å². The molecule has 5 nitrogen and oxygen atoms in total. The van der Waals surface area contributed by atoms with Crippen molar-refractivity contribution in [2.24, 2.45) is 0 Å². The molecule has 0 amide bonds. The molecule has 4 aromatic rings. The molecule has 0 atom stereocenters. The second-order valence-corrected chi connectivity index (χ2v) is 6.28. The maximum atomic E-state index is 13.8. The maximum absolute atomic E-state index is 13.8. The summed E-state index contributed by atoms with van der Waals surface area (Å²) in [6, 6.07) is 10.3. The van der Waals surface area contributed by atoms with E-state index in [-0.39, 0.29) is 5.75 Å². The number of aromatic nitrogens is 3. The Morgan fingerprint density at radius 3 is 2.48 bits per heavy atom. The monoisotopic (exact) mass is 363 g/mol. The quantitative estimate of drug-likeness (QED) is 0.543. The molecular weight excluding hydrogens is 345 g/mol. The van der Waals surface area contributed by atoms with Gasteiger partial charge in [0.15, 0.2) is 23.1 Å². The molecule has 27 heavy (non-hydrogen) atoms. The van der Waals surface area contributed by atoms with Gasteiger partial charge in [0.05, 0.1) is 12.5 Å². The molecule has 0 saturated heterocycles. The van der Waals surface area contributed by atoms with Crippen LogP contribution >= 0.6 is 0 Å². The predicted octanol–water partition coefficient (Wildman–Crippen LogP) is 5.18. The van der Waals surface area contributed by atoms with Crippen LogP contribution in [0.4, 0.5) is 4.39 Å². The van der Waals surface area contributed by atoms with E-state index in [1.54, 1.807) is 37.7 Å². The average Bonchev–Trinajstić information content (AvgIpc) is 3.05. The number of nitrogens with one attached hydrogen (secondary N) is 1. The molecule has 2 aromatic carbocycles. The number of methoxy groups -OCH3 is 1. The van der Waals surface area contributed by atoms with Crippen LogP contribution in [0.5, 0.6) is 17.2 Å². The molecule has 0 bridgehead atoms. The summed E-state index contributed by atoms with van der Waals surface area (Å²) in [6.07, 6.45) is 3.33. The van der Waals surface area contributed by atoms with Gasteiger partial charge in [-0.1, -0.05) is 12.1 Å². The van der Waals surface area contributed by atoms with E-state index in [1.165, 1.54) is 6.07 Å². The van der Waals surface area contributed by atoms with Gasteiger partial charge < -0.3 is 14.5 Å². The van der Waals surface area contributed by atoms with Crippen LogP contribution in [-0.4, -0.2) is 22.1 Å². The molecule has 0 fully saturated rings. The number of para-hydroxylation sites is 1. The third-order valence-corrected chi connectivity index (χ3v) is 4.37. The largest absolute Gasteiger partial charge is 0.496 e. The molecule has 0 radical (unpaired) electrons. The maximum Gasteiger partial charge on any atom is 0.165 e. The Morgan fingerprint density at radius 2 is 1.78 bits per heavy atom. The number of halogens is 1. The Morgan fingerprint density at radius 1 is 1.04 bits per heavy atom. The molecule has 0 aliphatic carbocycles. The van der Waals surface area contributed by atoms with Crippen molar-refractivity contribution < 1.29 is 13.9 Å². The second-order valence-electron chi connectivity index (χ2n) is 6.28.